The van der Waals surface area contributed by atoms with E-state index in [2.05, 4.69) is 10.00 Å². The molecule has 1 saturated heterocycles. The zero-order chi connectivity index (χ0) is 11.7. The van der Waals surface area contributed by atoms with E-state index in [1.165, 1.54) is 6.42 Å². The third kappa shape index (κ3) is 2.36. The molecule has 0 spiro atoms. The lowest BCUT2D eigenvalue weighted by Gasteiger charge is -2.15. The van der Waals surface area contributed by atoms with Crippen LogP contribution in [-0.2, 0) is 13.6 Å². The Bertz CT molecular complexity index is 376. The largest absolute Gasteiger partial charge is 0.299 e. The molecule has 0 radical (unpaired) electrons. The second kappa shape index (κ2) is 4.94. The van der Waals surface area contributed by atoms with Gasteiger partial charge in [-0.25, -0.2) is 0 Å². The molecule has 1 aliphatic rings. The molecule has 1 unspecified atom stereocenters. The zero-order valence-corrected chi connectivity index (χ0v) is 11.2. The average molecular weight is 262 g/mol. The molecule has 0 amide bonds. The molecule has 3 nitrogen and oxygen atoms in total. The molecule has 0 bridgehead atoms. The SMILES string of the molecule is Cc1nn(C)c(Cl)c1CN1CCC(CCl)C1. The molecule has 0 aliphatic carbocycles. The Labute approximate surface area is 106 Å². The quantitative estimate of drug-likeness (QED) is 0.780. The van der Waals surface area contributed by atoms with Gasteiger partial charge in [0.2, 0.25) is 0 Å². The van der Waals surface area contributed by atoms with Crippen LogP contribution < -0.4 is 0 Å². The fourth-order valence-corrected chi connectivity index (χ4v) is 2.75. The highest BCUT2D eigenvalue weighted by atomic mass is 35.5. The summed E-state index contributed by atoms with van der Waals surface area (Å²) in [5.41, 5.74) is 2.18. The van der Waals surface area contributed by atoms with Crippen LogP contribution in [0.1, 0.15) is 17.7 Å². The van der Waals surface area contributed by atoms with E-state index in [0.717, 1.165) is 41.9 Å². The summed E-state index contributed by atoms with van der Waals surface area (Å²) in [5, 5.41) is 5.08. The van der Waals surface area contributed by atoms with Crippen LogP contribution in [0.4, 0.5) is 0 Å². The Morgan fingerprint density at radius 3 is 2.75 bits per heavy atom. The van der Waals surface area contributed by atoms with Gasteiger partial charge in [-0.3, -0.25) is 9.58 Å². The number of likely N-dealkylation sites (tertiary alicyclic amines) is 1. The fraction of sp³-hybridized carbons (Fsp3) is 0.727. The molecule has 1 aliphatic heterocycles. The number of hydrogen-bond acceptors (Lipinski definition) is 2. The van der Waals surface area contributed by atoms with Crippen LogP contribution >= 0.6 is 23.2 Å². The summed E-state index contributed by atoms with van der Waals surface area (Å²) in [6.45, 7) is 5.10. The third-order valence-electron chi connectivity index (χ3n) is 3.24. The van der Waals surface area contributed by atoms with E-state index in [4.69, 9.17) is 23.2 Å². The molecule has 1 aromatic rings. The molecule has 2 heterocycles. The van der Waals surface area contributed by atoms with Gasteiger partial charge in [-0.2, -0.15) is 5.10 Å². The van der Waals surface area contributed by atoms with Crippen LogP contribution in [0.15, 0.2) is 0 Å². The molecule has 0 saturated carbocycles. The van der Waals surface area contributed by atoms with Gasteiger partial charge >= 0.3 is 0 Å². The molecular formula is C11H17Cl2N3. The van der Waals surface area contributed by atoms with Gasteiger partial charge in [-0.1, -0.05) is 11.6 Å². The van der Waals surface area contributed by atoms with Crippen molar-refractivity contribution in [3.8, 4) is 0 Å². The molecule has 16 heavy (non-hydrogen) atoms. The maximum Gasteiger partial charge on any atom is 0.131 e. The Hall–Kier alpha value is -0.250. The van der Waals surface area contributed by atoms with E-state index in [0.29, 0.717) is 5.92 Å². The Kier molecular flexibility index (Phi) is 3.77. The van der Waals surface area contributed by atoms with Crippen molar-refractivity contribution in [3.05, 3.63) is 16.4 Å². The summed E-state index contributed by atoms with van der Waals surface area (Å²) in [7, 11) is 1.88. The van der Waals surface area contributed by atoms with Crippen molar-refractivity contribution in [1.29, 1.82) is 0 Å². The smallest absolute Gasteiger partial charge is 0.131 e. The highest BCUT2D eigenvalue weighted by Gasteiger charge is 2.23. The van der Waals surface area contributed by atoms with Crippen LogP contribution in [0.2, 0.25) is 5.15 Å². The van der Waals surface area contributed by atoms with Crippen LogP contribution in [0, 0.1) is 12.8 Å². The minimum Gasteiger partial charge on any atom is -0.299 e. The number of halogens is 2. The molecule has 90 valence electrons. The van der Waals surface area contributed by atoms with Crippen molar-refractivity contribution in [1.82, 2.24) is 14.7 Å². The van der Waals surface area contributed by atoms with Gasteiger partial charge in [0.05, 0.1) is 5.69 Å². The molecule has 0 aromatic carbocycles. The molecule has 1 aromatic heterocycles. The number of rotatable bonds is 3. The topological polar surface area (TPSA) is 21.1 Å². The molecule has 1 atom stereocenters. The minimum atomic E-state index is 0.636. The second-order valence-corrected chi connectivity index (χ2v) is 5.19. The number of aryl methyl sites for hydroxylation is 2. The van der Waals surface area contributed by atoms with Gasteiger partial charge in [-0.15, -0.1) is 11.6 Å². The molecule has 5 heteroatoms. The van der Waals surface area contributed by atoms with Crippen LogP contribution in [0.25, 0.3) is 0 Å². The number of aromatic nitrogens is 2. The number of alkyl halides is 1. The predicted octanol–water partition coefficient (Wildman–Crippen LogP) is 2.44. The highest BCUT2D eigenvalue weighted by molar-refractivity contribution is 6.30. The first-order valence-corrected chi connectivity index (χ1v) is 6.49. The molecule has 0 N–H and O–H groups in total. The molecular weight excluding hydrogens is 245 g/mol. The lowest BCUT2D eigenvalue weighted by Crippen LogP contribution is -2.20. The highest BCUT2D eigenvalue weighted by Crippen LogP contribution is 2.24. The lowest BCUT2D eigenvalue weighted by molar-refractivity contribution is 0.320. The summed E-state index contributed by atoms with van der Waals surface area (Å²) < 4.78 is 1.74. The number of hydrogen-bond donors (Lipinski definition) is 0. The summed E-state index contributed by atoms with van der Waals surface area (Å²) >= 11 is 12.1. The van der Waals surface area contributed by atoms with Crippen LogP contribution in [0.5, 0.6) is 0 Å². The van der Waals surface area contributed by atoms with Crippen LogP contribution in [0.3, 0.4) is 0 Å². The Balaban J connectivity index is 2.04. The standard InChI is InChI=1S/C11H17Cl2N3/c1-8-10(11(13)15(2)14-8)7-16-4-3-9(5-12)6-16/h9H,3-7H2,1-2H3. The molecule has 2 rings (SSSR count). The van der Waals surface area contributed by atoms with E-state index in [9.17, 15) is 0 Å². The van der Waals surface area contributed by atoms with Crippen LogP contribution in [-0.4, -0.2) is 33.6 Å². The monoisotopic (exact) mass is 261 g/mol. The maximum absolute atomic E-state index is 6.21. The van der Waals surface area contributed by atoms with Crippen molar-refractivity contribution >= 4 is 23.2 Å². The van der Waals surface area contributed by atoms with Gasteiger partial charge < -0.3 is 0 Å². The zero-order valence-electron chi connectivity index (χ0n) is 9.71. The van der Waals surface area contributed by atoms with E-state index >= 15 is 0 Å². The first kappa shape index (κ1) is 12.2. The van der Waals surface area contributed by atoms with Crippen molar-refractivity contribution in [2.75, 3.05) is 19.0 Å². The van der Waals surface area contributed by atoms with E-state index in [1.54, 1.807) is 4.68 Å². The Morgan fingerprint density at radius 1 is 1.50 bits per heavy atom. The van der Waals surface area contributed by atoms with Gasteiger partial charge in [-0.05, 0) is 25.8 Å². The molecule has 1 fully saturated rings. The summed E-state index contributed by atoms with van der Waals surface area (Å²) in [6.07, 6.45) is 1.19. The third-order valence-corrected chi connectivity index (χ3v) is 4.15. The van der Waals surface area contributed by atoms with E-state index in [1.807, 2.05) is 14.0 Å². The maximum atomic E-state index is 6.21. The minimum absolute atomic E-state index is 0.636. The van der Waals surface area contributed by atoms with Crippen molar-refractivity contribution in [2.24, 2.45) is 13.0 Å². The average Bonchev–Trinajstić information content (AvgIpc) is 2.80. The fourth-order valence-electron chi connectivity index (χ4n) is 2.26. The summed E-state index contributed by atoms with van der Waals surface area (Å²) in [6, 6.07) is 0. The lowest BCUT2D eigenvalue weighted by atomic mass is 10.2. The van der Waals surface area contributed by atoms with Gasteiger partial charge in [0.1, 0.15) is 5.15 Å². The van der Waals surface area contributed by atoms with Gasteiger partial charge in [0.25, 0.3) is 0 Å². The van der Waals surface area contributed by atoms with Crippen molar-refractivity contribution in [2.45, 2.75) is 19.9 Å². The summed E-state index contributed by atoms with van der Waals surface area (Å²) in [5.74, 6) is 1.40. The first-order valence-electron chi connectivity index (χ1n) is 5.58. The predicted molar refractivity (Wildman–Crippen MR) is 67.1 cm³/mol. The Morgan fingerprint density at radius 2 is 2.25 bits per heavy atom. The van der Waals surface area contributed by atoms with E-state index in [-0.39, 0.29) is 0 Å². The summed E-state index contributed by atoms with van der Waals surface area (Å²) in [4.78, 5) is 2.41. The normalized spacial score (nSPS) is 21.9. The van der Waals surface area contributed by atoms with Gasteiger partial charge in [0, 0.05) is 31.6 Å². The van der Waals surface area contributed by atoms with Gasteiger partial charge in [0.15, 0.2) is 0 Å². The van der Waals surface area contributed by atoms with Crippen molar-refractivity contribution in [3.63, 3.8) is 0 Å². The van der Waals surface area contributed by atoms with E-state index < -0.39 is 0 Å². The van der Waals surface area contributed by atoms with Crippen molar-refractivity contribution < 1.29 is 0 Å². The second-order valence-electron chi connectivity index (χ2n) is 4.52. The first-order chi connectivity index (χ1) is 7.61. The number of nitrogens with zero attached hydrogens (tertiary/aromatic N) is 3.